The number of carbonyl (C=O) groups is 1. The molecule has 1 aliphatic rings. The topological polar surface area (TPSA) is 59.2 Å². The van der Waals surface area contributed by atoms with Gasteiger partial charge in [-0.25, -0.2) is 0 Å². The molecule has 19 heavy (non-hydrogen) atoms. The lowest BCUT2D eigenvalue weighted by Gasteiger charge is -2.36. The Labute approximate surface area is 120 Å². The van der Waals surface area contributed by atoms with Crippen LogP contribution in [0.25, 0.3) is 0 Å². The molecule has 1 fully saturated rings. The Morgan fingerprint density at radius 1 is 1.53 bits per heavy atom. The maximum absolute atomic E-state index is 12.3. The molecular weight excluding hydrogens is 262 g/mol. The van der Waals surface area contributed by atoms with Crippen molar-refractivity contribution in [2.24, 2.45) is 17.6 Å². The molecule has 0 aromatic carbocycles. The highest BCUT2D eigenvalue weighted by Gasteiger charge is 2.28. The van der Waals surface area contributed by atoms with Gasteiger partial charge in [-0.1, -0.05) is 6.92 Å². The average molecular weight is 284 g/mol. The minimum Gasteiger partial charge on any atom is -0.338 e. The molecule has 1 aromatic rings. The summed E-state index contributed by atoms with van der Waals surface area (Å²) < 4.78 is 0. The molecule has 1 aromatic heterocycles. The van der Waals surface area contributed by atoms with Crippen LogP contribution in [0.15, 0.2) is 18.3 Å². The van der Waals surface area contributed by atoms with E-state index >= 15 is 0 Å². The number of likely N-dealkylation sites (tertiary alicyclic amines) is 1. The van der Waals surface area contributed by atoms with Crippen LogP contribution in [0.2, 0.25) is 0 Å². The van der Waals surface area contributed by atoms with Gasteiger partial charge < -0.3 is 10.6 Å². The molecule has 0 radical (unpaired) electrons. The van der Waals surface area contributed by atoms with Crippen molar-refractivity contribution in [3.63, 3.8) is 0 Å². The standard InChI is InChI=1S/C14H21N3O.ClH/c1-10-5-6-17(9-13(10)7-15)14(18)12-4-3-11(2)16-8-12;/h3-4,8,10,13H,5-7,9,15H2,1-2H3;1H. The molecular formula is C14H22ClN3O. The minimum absolute atomic E-state index is 0. The van der Waals surface area contributed by atoms with Gasteiger partial charge in [-0.05, 0) is 43.9 Å². The molecule has 1 saturated heterocycles. The van der Waals surface area contributed by atoms with Gasteiger partial charge in [0.05, 0.1) is 5.56 Å². The van der Waals surface area contributed by atoms with Gasteiger partial charge in [0.1, 0.15) is 0 Å². The zero-order valence-electron chi connectivity index (χ0n) is 11.5. The van der Waals surface area contributed by atoms with Crippen molar-refractivity contribution in [1.29, 1.82) is 0 Å². The van der Waals surface area contributed by atoms with E-state index in [2.05, 4.69) is 11.9 Å². The number of nitrogens with zero attached hydrogens (tertiary/aromatic N) is 2. The number of amides is 1. The first kappa shape index (κ1) is 15.9. The van der Waals surface area contributed by atoms with E-state index in [4.69, 9.17) is 5.73 Å². The van der Waals surface area contributed by atoms with Gasteiger partial charge in [0.2, 0.25) is 0 Å². The third-order valence-electron chi connectivity index (χ3n) is 3.86. The number of rotatable bonds is 2. The van der Waals surface area contributed by atoms with Crippen molar-refractivity contribution < 1.29 is 4.79 Å². The highest BCUT2D eigenvalue weighted by molar-refractivity contribution is 5.94. The second-order valence-electron chi connectivity index (χ2n) is 5.20. The van der Waals surface area contributed by atoms with Gasteiger partial charge in [0, 0.05) is 25.0 Å². The summed E-state index contributed by atoms with van der Waals surface area (Å²) in [6.07, 6.45) is 2.69. The van der Waals surface area contributed by atoms with Crippen molar-refractivity contribution >= 4 is 18.3 Å². The van der Waals surface area contributed by atoms with Crippen molar-refractivity contribution in [1.82, 2.24) is 9.88 Å². The van der Waals surface area contributed by atoms with E-state index in [0.29, 0.717) is 23.9 Å². The molecule has 4 nitrogen and oxygen atoms in total. The second kappa shape index (κ2) is 6.87. The molecule has 2 rings (SSSR count). The van der Waals surface area contributed by atoms with Crippen LogP contribution in [0.4, 0.5) is 0 Å². The molecule has 0 spiro atoms. The first-order valence-corrected chi connectivity index (χ1v) is 6.54. The molecule has 1 amide bonds. The van der Waals surface area contributed by atoms with E-state index < -0.39 is 0 Å². The predicted octanol–water partition coefficient (Wildman–Crippen LogP) is 1.87. The van der Waals surface area contributed by atoms with Crippen LogP contribution in [0.1, 0.15) is 29.4 Å². The average Bonchev–Trinajstić information content (AvgIpc) is 2.39. The molecule has 5 heteroatoms. The van der Waals surface area contributed by atoms with Gasteiger partial charge in [0.25, 0.3) is 5.91 Å². The maximum atomic E-state index is 12.3. The third kappa shape index (κ3) is 3.67. The fourth-order valence-electron chi connectivity index (χ4n) is 2.42. The van der Waals surface area contributed by atoms with Gasteiger partial charge in [-0.3, -0.25) is 9.78 Å². The molecule has 2 heterocycles. The van der Waals surface area contributed by atoms with E-state index in [-0.39, 0.29) is 18.3 Å². The Hall–Kier alpha value is -1.13. The SMILES string of the molecule is Cc1ccc(C(=O)N2CCC(C)C(CN)C2)cn1.Cl. The summed E-state index contributed by atoms with van der Waals surface area (Å²) >= 11 is 0. The van der Waals surface area contributed by atoms with Crippen molar-refractivity contribution in [3.05, 3.63) is 29.6 Å². The van der Waals surface area contributed by atoms with Crippen LogP contribution in [0, 0.1) is 18.8 Å². The lowest BCUT2D eigenvalue weighted by atomic mass is 9.87. The van der Waals surface area contributed by atoms with Crippen LogP contribution in [0.5, 0.6) is 0 Å². The monoisotopic (exact) mass is 283 g/mol. The van der Waals surface area contributed by atoms with Crippen LogP contribution >= 0.6 is 12.4 Å². The molecule has 106 valence electrons. The normalized spacial score (nSPS) is 22.8. The molecule has 2 N–H and O–H groups in total. The Kier molecular flexibility index (Phi) is 5.76. The van der Waals surface area contributed by atoms with E-state index in [1.54, 1.807) is 6.20 Å². The summed E-state index contributed by atoms with van der Waals surface area (Å²) in [7, 11) is 0. The minimum atomic E-state index is 0. The fourth-order valence-corrected chi connectivity index (χ4v) is 2.42. The third-order valence-corrected chi connectivity index (χ3v) is 3.86. The largest absolute Gasteiger partial charge is 0.338 e. The number of carbonyl (C=O) groups excluding carboxylic acids is 1. The van der Waals surface area contributed by atoms with Gasteiger partial charge >= 0.3 is 0 Å². The smallest absolute Gasteiger partial charge is 0.255 e. The van der Waals surface area contributed by atoms with Crippen molar-refractivity contribution in [2.45, 2.75) is 20.3 Å². The Balaban J connectivity index is 0.00000180. The van der Waals surface area contributed by atoms with Gasteiger partial charge in [-0.15, -0.1) is 12.4 Å². The fraction of sp³-hybridized carbons (Fsp3) is 0.571. The first-order chi connectivity index (χ1) is 8.61. The summed E-state index contributed by atoms with van der Waals surface area (Å²) in [5.41, 5.74) is 7.37. The number of hydrogen-bond acceptors (Lipinski definition) is 3. The molecule has 2 atom stereocenters. The molecule has 0 saturated carbocycles. The molecule has 1 aliphatic heterocycles. The van der Waals surface area contributed by atoms with E-state index in [0.717, 1.165) is 25.2 Å². The summed E-state index contributed by atoms with van der Waals surface area (Å²) in [6, 6.07) is 3.72. The van der Waals surface area contributed by atoms with Crippen molar-refractivity contribution in [2.75, 3.05) is 19.6 Å². The second-order valence-corrected chi connectivity index (χ2v) is 5.20. The maximum Gasteiger partial charge on any atom is 0.255 e. The van der Waals surface area contributed by atoms with Crippen LogP contribution in [-0.2, 0) is 0 Å². The Morgan fingerprint density at radius 2 is 2.26 bits per heavy atom. The number of pyridine rings is 1. The summed E-state index contributed by atoms with van der Waals surface area (Å²) in [5.74, 6) is 1.10. The molecule has 2 unspecified atom stereocenters. The zero-order valence-corrected chi connectivity index (χ0v) is 12.3. The summed E-state index contributed by atoms with van der Waals surface area (Å²) in [6.45, 7) is 6.37. The van der Waals surface area contributed by atoms with Gasteiger partial charge in [0.15, 0.2) is 0 Å². The van der Waals surface area contributed by atoms with Crippen LogP contribution in [0.3, 0.4) is 0 Å². The highest BCUT2D eigenvalue weighted by Crippen LogP contribution is 2.23. The highest BCUT2D eigenvalue weighted by atomic mass is 35.5. The quantitative estimate of drug-likeness (QED) is 0.901. The lowest BCUT2D eigenvalue weighted by Crippen LogP contribution is -2.45. The van der Waals surface area contributed by atoms with Crippen molar-refractivity contribution in [3.8, 4) is 0 Å². The van der Waals surface area contributed by atoms with Gasteiger partial charge in [-0.2, -0.15) is 0 Å². The van der Waals surface area contributed by atoms with E-state index in [1.165, 1.54) is 0 Å². The molecule has 0 bridgehead atoms. The first-order valence-electron chi connectivity index (χ1n) is 6.54. The summed E-state index contributed by atoms with van der Waals surface area (Å²) in [4.78, 5) is 18.4. The number of aromatic nitrogens is 1. The summed E-state index contributed by atoms with van der Waals surface area (Å²) in [5, 5.41) is 0. The Bertz CT molecular complexity index is 421. The van der Waals surface area contributed by atoms with Crippen LogP contribution in [-0.4, -0.2) is 35.4 Å². The molecule has 0 aliphatic carbocycles. The number of aryl methyl sites for hydroxylation is 1. The Morgan fingerprint density at radius 3 is 2.84 bits per heavy atom. The number of hydrogen-bond donors (Lipinski definition) is 1. The van der Waals surface area contributed by atoms with Crippen LogP contribution < -0.4 is 5.73 Å². The lowest BCUT2D eigenvalue weighted by molar-refractivity contribution is 0.0618. The number of nitrogens with two attached hydrogens (primary N) is 1. The zero-order chi connectivity index (χ0) is 13.1. The van der Waals surface area contributed by atoms with E-state index in [1.807, 2.05) is 24.0 Å². The van der Waals surface area contributed by atoms with E-state index in [9.17, 15) is 4.79 Å². The number of piperidine rings is 1. The number of halogens is 1. The predicted molar refractivity (Wildman–Crippen MR) is 78.5 cm³/mol.